The second kappa shape index (κ2) is 4.53. The summed E-state index contributed by atoms with van der Waals surface area (Å²) in [6, 6.07) is 2.99. The van der Waals surface area contributed by atoms with Crippen molar-refractivity contribution in [2.75, 3.05) is 0 Å². The molecule has 1 aromatic carbocycles. The minimum absolute atomic E-state index is 0.0511. The lowest BCUT2D eigenvalue weighted by Crippen LogP contribution is -2.18. The van der Waals surface area contributed by atoms with Gasteiger partial charge in [0.05, 0.1) is 5.02 Å². The Morgan fingerprint density at radius 2 is 2.14 bits per heavy atom. The number of nitrogens with one attached hydrogen (secondary N) is 1. The Hall–Kier alpha value is -0.930. The van der Waals surface area contributed by atoms with E-state index in [1.165, 1.54) is 13.0 Å². The van der Waals surface area contributed by atoms with E-state index >= 15 is 0 Å². The number of hydrogen-bond donors (Lipinski definition) is 2. The maximum absolute atomic E-state index is 10.6. The summed E-state index contributed by atoms with van der Waals surface area (Å²) in [6.45, 7) is 1.60. The highest BCUT2D eigenvalue weighted by Crippen LogP contribution is 2.30. The van der Waals surface area contributed by atoms with Gasteiger partial charge in [0.1, 0.15) is 5.75 Å². The summed E-state index contributed by atoms with van der Waals surface area (Å²) in [5, 5.41) is 12.6. The Morgan fingerprint density at radius 3 is 2.71 bits per heavy atom. The molecule has 0 fully saturated rings. The van der Waals surface area contributed by atoms with Crippen molar-refractivity contribution in [2.45, 2.75) is 13.5 Å². The van der Waals surface area contributed by atoms with E-state index in [4.69, 9.17) is 23.2 Å². The van der Waals surface area contributed by atoms with Crippen LogP contribution >= 0.6 is 23.2 Å². The van der Waals surface area contributed by atoms with Gasteiger partial charge in [0, 0.05) is 24.1 Å². The van der Waals surface area contributed by atoms with Gasteiger partial charge in [-0.05, 0) is 12.1 Å². The molecule has 3 nitrogen and oxygen atoms in total. The second-order valence-electron chi connectivity index (χ2n) is 2.81. The van der Waals surface area contributed by atoms with E-state index in [0.717, 1.165) is 0 Å². The first-order valence-electron chi connectivity index (χ1n) is 3.92. The molecule has 0 saturated heterocycles. The largest absolute Gasteiger partial charge is 0.506 e. The van der Waals surface area contributed by atoms with Gasteiger partial charge >= 0.3 is 0 Å². The minimum atomic E-state index is -0.180. The van der Waals surface area contributed by atoms with E-state index in [0.29, 0.717) is 10.6 Å². The molecule has 0 heterocycles. The summed E-state index contributed by atoms with van der Waals surface area (Å²) >= 11 is 11.4. The predicted octanol–water partition coefficient (Wildman–Crippen LogP) is 2.34. The van der Waals surface area contributed by atoms with Crippen LogP contribution in [0.1, 0.15) is 12.5 Å². The number of benzene rings is 1. The van der Waals surface area contributed by atoms with E-state index < -0.39 is 0 Å². The van der Waals surface area contributed by atoms with Crippen LogP contribution in [-0.4, -0.2) is 11.0 Å². The summed E-state index contributed by atoms with van der Waals surface area (Å²) in [4.78, 5) is 10.6. The zero-order chi connectivity index (χ0) is 10.7. The summed E-state index contributed by atoms with van der Waals surface area (Å²) in [7, 11) is 0. The van der Waals surface area contributed by atoms with E-state index in [2.05, 4.69) is 5.32 Å². The van der Waals surface area contributed by atoms with Crippen molar-refractivity contribution in [1.82, 2.24) is 5.32 Å². The number of hydrogen-bond acceptors (Lipinski definition) is 2. The molecule has 0 spiro atoms. The van der Waals surface area contributed by atoms with Crippen LogP contribution in [0.15, 0.2) is 12.1 Å². The van der Waals surface area contributed by atoms with Gasteiger partial charge in [-0.2, -0.15) is 0 Å². The molecule has 0 aliphatic rings. The van der Waals surface area contributed by atoms with Gasteiger partial charge in [-0.3, -0.25) is 4.79 Å². The smallest absolute Gasteiger partial charge is 0.217 e. The zero-order valence-corrected chi connectivity index (χ0v) is 8.99. The number of phenols is 1. The van der Waals surface area contributed by atoms with Crippen LogP contribution in [0.4, 0.5) is 0 Å². The minimum Gasteiger partial charge on any atom is -0.506 e. The van der Waals surface area contributed by atoms with Crippen molar-refractivity contribution < 1.29 is 9.90 Å². The molecule has 0 saturated carbocycles. The lowest BCUT2D eigenvalue weighted by Gasteiger charge is -2.07. The third-order valence-corrected chi connectivity index (χ3v) is 2.14. The molecule has 1 aromatic rings. The molecule has 2 N–H and O–H groups in total. The molecule has 14 heavy (non-hydrogen) atoms. The molecule has 76 valence electrons. The molecule has 0 atom stereocenters. The van der Waals surface area contributed by atoms with Crippen LogP contribution in [-0.2, 0) is 11.3 Å². The fourth-order valence-corrected chi connectivity index (χ4v) is 1.51. The quantitative estimate of drug-likeness (QED) is 0.824. The molecule has 1 rings (SSSR count). The van der Waals surface area contributed by atoms with E-state index in [1.54, 1.807) is 6.07 Å². The Labute approximate surface area is 91.6 Å². The monoisotopic (exact) mass is 233 g/mol. The normalized spacial score (nSPS) is 9.93. The third-order valence-electron chi connectivity index (χ3n) is 1.63. The van der Waals surface area contributed by atoms with Crippen LogP contribution in [0, 0.1) is 0 Å². The lowest BCUT2D eigenvalue weighted by atomic mass is 10.2. The van der Waals surface area contributed by atoms with Crippen molar-refractivity contribution in [3.63, 3.8) is 0 Å². The number of carbonyl (C=O) groups excluding carboxylic acids is 1. The summed E-state index contributed by atoms with van der Waals surface area (Å²) < 4.78 is 0. The van der Waals surface area contributed by atoms with Gasteiger partial charge in [-0.1, -0.05) is 23.2 Å². The maximum Gasteiger partial charge on any atom is 0.217 e. The highest BCUT2D eigenvalue weighted by molar-refractivity contribution is 6.35. The summed E-state index contributed by atoms with van der Waals surface area (Å²) in [5.74, 6) is -0.231. The second-order valence-corrected chi connectivity index (χ2v) is 3.65. The van der Waals surface area contributed by atoms with Crippen molar-refractivity contribution in [3.8, 4) is 5.75 Å². The number of phenolic OH excluding ortho intramolecular Hbond substituents is 1. The van der Waals surface area contributed by atoms with Gasteiger partial charge in [0.15, 0.2) is 0 Å². The van der Waals surface area contributed by atoms with Crippen LogP contribution in [0.2, 0.25) is 10.0 Å². The van der Waals surface area contributed by atoms with Crippen LogP contribution in [0.3, 0.4) is 0 Å². The van der Waals surface area contributed by atoms with E-state index in [1.807, 2.05) is 0 Å². The maximum atomic E-state index is 10.6. The topological polar surface area (TPSA) is 49.3 Å². The molecule has 0 aliphatic carbocycles. The fourth-order valence-electron chi connectivity index (χ4n) is 0.974. The fraction of sp³-hybridized carbons (Fsp3) is 0.222. The van der Waals surface area contributed by atoms with Gasteiger partial charge in [-0.15, -0.1) is 0 Å². The number of aromatic hydroxyl groups is 1. The highest BCUT2D eigenvalue weighted by Gasteiger charge is 2.07. The molecule has 0 aliphatic heterocycles. The summed E-state index contributed by atoms with van der Waals surface area (Å²) in [6.07, 6.45) is 0. The zero-order valence-electron chi connectivity index (χ0n) is 7.47. The highest BCUT2D eigenvalue weighted by atomic mass is 35.5. The molecule has 0 bridgehead atoms. The van der Waals surface area contributed by atoms with Crippen LogP contribution in [0.25, 0.3) is 0 Å². The van der Waals surface area contributed by atoms with Gasteiger partial charge in [0.25, 0.3) is 0 Å². The van der Waals surface area contributed by atoms with Gasteiger partial charge in [0.2, 0.25) is 5.91 Å². The first-order chi connectivity index (χ1) is 6.50. The Balaban J connectivity index is 2.90. The first-order valence-corrected chi connectivity index (χ1v) is 4.67. The molecule has 0 unspecified atom stereocenters. The Bertz CT molecular complexity index is 366. The van der Waals surface area contributed by atoms with Crippen molar-refractivity contribution in [2.24, 2.45) is 0 Å². The SMILES string of the molecule is CC(=O)NCc1cc(Cl)cc(Cl)c1O. The van der Waals surface area contributed by atoms with Crippen LogP contribution < -0.4 is 5.32 Å². The lowest BCUT2D eigenvalue weighted by molar-refractivity contribution is -0.119. The van der Waals surface area contributed by atoms with Crippen molar-refractivity contribution in [1.29, 1.82) is 0 Å². The number of carbonyl (C=O) groups is 1. The predicted molar refractivity (Wildman–Crippen MR) is 55.6 cm³/mol. The van der Waals surface area contributed by atoms with Crippen molar-refractivity contribution in [3.05, 3.63) is 27.7 Å². The number of amides is 1. The van der Waals surface area contributed by atoms with Crippen LogP contribution in [0.5, 0.6) is 5.75 Å². The van der Waals surface area contributed by atoms with Gasteiger partial charge in [-0.25, -0.2) is 0 Å². The molecular formula is C9H9Cl2NO2. The Morgan fingerprint density at radius 1 is 1.50 bits per heavy atom. The molecule has 5 heteroatoms. The average molecular weight is 234 g/mol. The summed E-state index contributed by atoms with van der Waals surface area (Å²) in [5.41, 5.74) is 0.498. The first kappa shape index (κ1) is 11.1. The van der Waals surface area contributed by atoms with Gasteiger partial charge < -0.3 is 10.4 Å². The Kier molecular flexibility index (Phi) is 3.61. The molecule has 0 aromatic heterocycles. The number of halogens is 2. The van der Waals surface area contributed by atoms with E-state index in [9.17, 15) is 9.90 Å². The molecule has 0 radical (unpaired) electrons. The standard InChI is InChI=1S/C9H9Cl2NO2/c1-5(13)12-4-6-2-7(10)3-8(11)9(6)14/h2-3,14H,4H2,1H3,(H,12,13). The average Bonchev–Trinajstić information content (AvgIpc) is 2.08. The van der Waals surface area contributed by atoms with Crippen molar-refractivity contribution >= 4 is 29.1 Å². The van der Waals surface area contributed by atoms with E-state index in [-0.39, 0.29) is 23.2 Å². The molecule has 1 amide bonds. The third kappa shape index (κ3) is 2.79. The molecular weight excluding hydrogens is 225 g/mol. The number of rotatable bonds is 2.